The summed E-state index contributed by atoms with van der Waals surface area (Å²) in [5.41, 5.74) is 2.12. The van der Waals surface area contributed by atoms with Crippen LogP contribution < -0.4 is 5.43 Å². The van der Waals surface area contributed by atoms with Gasteiger partial charge in [0.2, 0.25) is 12.1 Å². The molecule has 0 saturated carbocycles. The lowest BCUT2D eigenvalue weighted by molar-refractivity contribution is -0.0000462. The average Bonchev–Trinajstić information content (AvgIpc) is 2.14. The monoisotopic (exact) mass is 136 g/mol. The minimum absolute atomic E-state index is 0.250. The smallest absolute Gasteiger partial charge is 0.294 e. The quantitative estimate of drug-likeness (QED) is 0.570. The number of hydrogen-bond donors (Lipinski definition) is 1. The summed E-state index contributed by atoms with van der Waals surface area (Å²) in [6, 6.07) is 0. The number of nitrogens with zero attached hydrogens (tertiary/aromatic N) is 1. The summed E-state index contributed by atoms with van der Waals surface area (Å²) >= 11 is 0. The van der Waals surface area contributed by atoms with Crippen LogP contribution in [0.25, 0.3) is 0 Å². The first kappa shape index (κ1) is 6.25. The van der Waals surface area contributed by atoms with E-state index in [4.69, 9.17) is 0 Å². The fraction of sp³-hybridized carbons (Fsp3) is 0.750. The Hall–Kier alpha value is -0.870. The van der Waals surface area contributed by atoms with Crippen LogP contribution in [0.5, 0.6) is 0 Å². The van der Waals surface area contributed by atoms with E-state index >= 15 is 0 Å². The van der Waals surface area contributed by atoms with Crippen LogP contribution in [0.1, 0.15) is 6.92 Å². The van der Waals surface area contributed by atoms with Crippen LogP contribution in [0, 0.1) is 0 Å². The molecule has 1 aliphatic heterocycles. The zero-order valence-corrected chi connectivity index (χ0v) is 4.77. The molecule has 0 amide bonds. The number of nitrogens with one attached hydrogen (secondary N) is 1. The lowest BCUT2D eigenvalue weighted by Crippen LogP contribution is -2.29. The second kappa shape index (κ2) is 2.16. The van der Waals surface area contributed by atoms with E-state index in [9.17, 15) is 8.78 Å². The van der Waals surface area contributed by atoms with Crippen molar-refractivity contribution in [3.63, 3.8) is 0 Å². The largest absolute Gasteiger partial charge is 0.449 e. The standard InChI is InChI=1S/C4H6F2N2O/c1-2-7-8-4(9-2)3(5)6/h3-4,8H,1H3. The highest BCUT2D eigenvalue weighted by atomic mass is 19.3. The van der Waals surface area contributed by atoms with Gasteiger partial charge in [-0.2, -0.15) is 0 Å². The summed E-state index contributed by atoms with van der Waals surface area (Å²) in [4.78, 5) is 0. The van der Waals surface area contributed by atoms with E-state index in [1.54, 1.807) is 0 Å². The summed E-state index contributed by atoms with van der Waals surface area (Å²) in [6.45, 7) is 1.51. The molecule has 1 unspecified atom stereocenters. The van der Waals surface area contributed by atoms with Gasteiger partial charge in [0.05, 0.1) is 0 Å². The van der Waals surface area contributed by atoms with Gasteiger partial charge in [0, 0.05) is 6.92 Å². The first-order chi connectivity index (χ1) is 4.20. The van der Waals surface area contributed by atoms with E-state index in [0.29, 0.717) is 0 Å². The third-order valence-corrected chi connectivity index (χ3v) is 0.876. The van der Waals surface area contributed by atoms with Crippen molar-refractivity contribution in [2.75, 3.05) is 0 Å². The molecule has 0 bridgehead atoms. The molecule has 0 aromatic carbocycles. The third-order valence-electron chi connectivity index (χ3n) is 0.876. The molecule has 1 rings (SSSR count). The Bertz CT molecular complexity index is 137. The first-order valence-corrected chi connectivity index (χ1v) is 2.45. The Labute approximate surface area is 50.7 Å². The fourth-order valence-corrected chi connectivity index (χ4v) is 0.499. The average molecular weight is 136 g/mol. The highest BCUT2D eigenvalue weighted by Crippen LogP contribution is 2.07. The SMILES string of the molecule is CC1=NNC(C(F)F)O1. The van der Waals surface area contributed by atoms with Gasteiger partial charge in [-0.15, -0.1) is 5.10 Å². The first-order valence-electron chi connectivity index (χ1n) is 2.45. The van der Waals surface area contributed by atoms with Gasteiger partial charge in [-0.3, -0.25) is 5.43 Å². The fourth-order valence-electron chi connectivity index (χ4n) is 0.499. The van der Waals surface area contributed by atoms with E-state index in [0.717, 1.165) is 0 Å². The Morgan fingerprint density at radius 1 is 1.78 bits per heavy atom. The zero-order chi connectivity index (χ0) is 6.85. The molecule has 0 aromatic rings. The van der Waals surface area contributed by atoms with Crippen LogP contribution in [0.3, 0.4) is 0 Å². The molecular weight excluding hydrogens is 130 g/mol. The molecule has 5 heteroatoms. The second-order valence-corrected chi connectivity index (χ2v) is 1.63. The molecular formula is C4H6F2N2O. The number of hydrazone groups is 1. The summed E-state index contributed by atoms with van der Waals surface area (Å²) in [6.07, 6.45) is -3.77. The van der Waals surface area contributed by atoms with Crippen molar-refractivity contribution < 1.29 is 13.5 Å². The minimum Gasteiger partial charge on any atom is -0.449 e. The maximum absolute atomic E-state index is 11.7. The molecule has 0 saturated heterocycles. The van der Waals surface area contributed by atoms with E-state index in [-0.39, 0.29) is 5.90 Å². The molecule has 1 atom stereocenters. The van der Waals surface area contributed by atoms with Crippen LogP contribution in [0.2, 0.25) is 0 Å². The van der Waals surface area contributed by atoms with Gasteiger partial charge in [0.1, 0.15) is 0 Å². The summed E-state index contributed by atoms with van der Waals surface area (Å²) in [5, 5.41) is 3.40. The minimum atomic E-state index is -2.52. The molecule has 1 aliphatic rings. The maximum Gasteiger partial charge on any atom is 0.294 e. The number of rotatable bonds is 1. The van der Waals surface area contributed by atoms with E-state index < -0.39 is 12.7 Å². The van der Waals surface area contributed by atoms with Gasteiger partial charge in [0.15, 0.2) is 0 Å². The number of hydrogen-bond acceptors (Lipinski definition) is 3. The molecule has 52 valence electrons. The van der Waals surface area contributed by atoms with Crippen LogP contribution in [-0.4, -0.2) is 18.6 Å². The summed E-state index contributed by atoms with van der Waals surface area (Å²) in [5.74, 6) is 0.250. The van der Waals surface area contributed by atoms with Crippen LogP contribution in [0.15, 0.2) is 5.10 Å². The van der Waals surface area contributed by atoms with Crippen LogP contribution in [0.4, 0.5) is 8.78 Å². The van der Waals surface area contributed by atoms with Gasteiger partial charge >= 0.3 is 0 Å². The Morgan fingerprint density at radius 3 is 2.67 bits per heavy atom. The predicted octanol–water partition coefficient (Wildman–Crippen LogP) is 0.531. The van der Waals surface area contributed by atoms with Gasteiger partial charge in [0.25, 0.3) is 6.43 Å². The Kier molecular flexibility index (Phi) is 1.50. The molecule has 0 radical (unpaired) electrons. The van der Waals surface area contributed by atoms with Crippen LogP contribution >= 0.6 is 0 Å². The number of ether oxygens (including phenoxy) is 1. The number of halogens is 2. The van der Waals surface area contributed by atoms with E-state index in [2.05, 4.69) is 15.3 Å². The molecule has 0 aliphatic carbocycles. The van der Waals surface area contributed by atoms with Crippen LogP contribution in [-0.2, 0) is 4.74 Å². The predicted molar refractivity (Wildman–Crippen MR) is 27.1 cm³/mol. The molecule has 0 aromatic heterocycles. The highest BCUT2D eigenvalue weighted by Gasteiger charge is 2.25. The summed E-state index contributed by atoms with van der Waals surface area (Å²) < 4.78 is 27.8. The highest BCUT2D eigenvalue weighted by molar-refractivity contribution is 5.74. The molecule has 1 heterocycles. The van der Waals surface area contributed by atoms with Gasteiger partial charge < -0.3 is 4.74 Å². The van der Waals surface area contributed by atoms with Crippen molar-refractivity contribution in [3.05, 3.63) is 0 Å². The van der Waals surface area contributed by atoms with Gasteiger partial charge in [-0.1, -0.05) is 0 Å². The second-order valence-electron chi connectivity index (χ2n) is 1.63. The molecule has 0 fully saturated rings. The van der Waals surface area contributed by atoms with Crippen molar-refractivity contribution in [3.8, 4) is 0 Å². The molecule has 3 nitrogen and oxygen atoms in total. The summed E-state index contributed by atoms with van der Waals surface area (Å²) in [7, 11) is 0. The van der Waals surface area contributed by atoms with Crippen molar-refractivity contribution >= 4 is 5.90 Å². The zero-order valence-electron chi connectivity index (χ0n) is 4.77. The van der Waals surface area contributed by atoms with Crippen molar-refractivity contribution in [2.45, 2.75) is 19.6 Å². The molecule has 1 N–H and O–H groups in total. The maximum atomic E-state index is 11.7. The molecule has 9 heavy (non-hydrogen) atoms. The topological polar surface area (TPSA) is 33.6 Å². The Morgan fingerprint density at radius 2 is 2.44 bits per heavy atom. The molecule has 0 spiro atoms. The number of alkyl halides is 2. The van der Waals surface area contributed by atoms with Crippen molar-refractivity contribution in [1.82, 2.24) is 5.43 Å². The van der Waals surface area contributed by atoms with E-state index in [1.807, 2.05) is 0 Å². The van der Waals surface area contributed by atoms with Crippen molar-refractivity contribution in [2.24, 2.45) is 5.10 Å². The van der Waals surface area contributed by atoms with Crippen molar-refractivity contribution in [1.29, 1.82) is 0 Å². The lowest BCUT2D eigenvalue weighted by Gasteiger charge is -2.06. The van der Waals surface area contributed by atoms with Gasteiger partial charge in [-0.25, -0.2) is 8.78 Å². The normalized spacial score (nSPS) is 25.3. The van der Waals surface area contributed by atoms with Gasteiger partial charge in [-0.05, 0) is 0 Å². The lowest BCUT2D eigenvalue weighted by atomic mass is 10.6. The van der Waals surface area contributed by atoms with E-state index in [1.165, 1.54) is 6.92 Å². The third kappa shape index (κ3) is 1.28. The Balaban J connectivity index is 2.37.